The monoisotopic (exact) mass is 771 g/mol. The predicted octanol–water partition coefficient (Wildman–Crippen LogP) is 6.92. The fourth-order valence-electron chi connectivity index (χ4n) is 6.38. The third-order valence-corrected chi connectivity index (χ3v) is 12.2. The molecule has 4 N–H and O–H groups in total. The second-order valence-electron chi connectivity index (χ2n) is 13.0. The Morgan fingerprint density at radius 3 is 2.23 bits per heavy atom. The van der Waals surface area contributed by atoms with Gasteiger partial charge < -0.3 is 25.2 Å². The number of rotatable bonds is 19. The normalized spacial score (nSPS) is 15.9. The van der Waals surface area contributed by atoms with Crippen molar-refractivity contribution in [1.82, 2.24) is 10.0 Å². The highest BCUT2D eigenvalue weighted by Gasteiger charge is 2.42. The smallest absolute Gasteiger partial charge is 0.307 e. The van der Waals surface area contributed by atoms with E-state index in [1.165, 1.54) is 53.9 Å². The molecule has 2 atom stereocenters. The highest BCUT2D eigenvalue weighted by Crippen LogP contribution is 2.44. The van der Waals surface area contributed by atoms with Crippen molar-refractivity contribution in [3.63, 3.8) is 0 Å². The average Bonchev–Trinajstić information content (AvgIpc) is 3.22. The zero-order valence-corrected chi connectivity index (χ0v) is 32.5. The van der Waals surface area contributed by atoms with Gasteiger partial charge in [-0.25, -0.2) is 13.1 Å². The number of carbonyl (C=O) groups excluding carboxylic acids is 2. The van der Waals surface area contributed by atoms with Crippen LogP contribution >= 0.6 is 23.5 Å². The molecule has 0 aliphatic carbocycles. The van der Waals surface area contributed by atoms with Crippen LogP contribution in [0.1, 0.15) is 70.4 Å². The summed E-state index contributed by atoms with van der Waals surface area (Å²) in [6, 6.07) is 17.5. The van der Waals surface area contributed by atoms with Crippen molar-refractivity contribution in [3.8, 4) is 11.5 Å². The van der Waals surface area contributed by atoms with Gasteiger partial charge in [0.2, 0.25) is 10.0 Å². The first kappa shape index (κ1) is 41.0. The van der Waals surface area contributed by atoms with Crippen molar-refractivity contribution in [1.29, 1.82) is 0 Å². The summed E-state index contributed by atoms with van der Waals surface area (Å²) in [4.78, 5) is 41.4. The van der Waals surface area contributed by atoms with Crippen molar-refractivity contribution < 1.29 is 37.8 Å². The van der Waals surface area contributed by atoms with Crippen LogP contribution in [0, 0.1) is 5.92 Å². The number of ether oxygens (including phenoxy) is 1. The van der Waals surface area contributed by atoms with Crippen LogP contribution in [-0.2, 0) is 24.4 Å². The Morgan fingerprint density at radius 2 is 1.65 bits per heavy atom. The van der Waals surface area contributed by atoms with Crippen LogP contribution in [0.3, 0.4) is 0 Å². The number of amides is 1. The fraction of sp³-hybridized carbons (Fsp3) is 0.447. The van der Waals surface area contributed by atoms with Gasteiger partial charge in [-0.1, -0.05) is 69.9 Å². The number of para-hydroxylation sites is 1. The minimum atomic E-state index is -4.06. The maximum Gasteiger partial charge on any atom is 0.307 e. The Hall–Kier alpha value is -3.72. The Bertz CT molecular complexity index is 1780. The molecule has 0 spiro atoms. The minimum Gasteiger partial charge on any atom is -0.508 e. The van der Waals surface area contributed by atoms with E-state index in [1.54, 1.807) is 12.3 Å². The molecule has 4 rings (SSSR count). The lowest BCUT2D eigenvalue weighted by atomic mass is 9.87. The van der Waals surface area contributed by atoms with Crippen LogP contribution in [0.2, 0.25) is 0 Å². The molecular formula is C38H49N3O8S3. The summed E-state index contributed by atoms with van der Waals surface area (Å²) in [6.45, 7) is 4.07. The predicted molar refractivity (Wildman–Crippen MR) is 207 cm³/mol. The number of carboxylic acid groups (broad SMARTS) is 1. The van der Waals surface area contributed by atoms with Crippen molar-refractivity contribution in [2.45, 2.75) is 80.2 Å². The van der Waals surface area contributed by atoms with Crippen LogP contribution in [0.4, 0.5) is 11.4 Å². The molecule has 0 unspecified atom stereocenters. The number of ketones is 1. The number of hydrogen-bond acceptors (Lipinski definition) is 10. The maximum atomic E-state index is 14.3. The van der Waals surface area contributed by atoms with Crippen molar-refractivity contribution >= 4 is 62.6 Å². The summed E-state index contributed by atoms with van der Waals surface area (Å²) in [5.74, 6) is -2.88. The number of carboxylic acids is 1. The van der Waals surface area contributed by atoms with E-state index >= 15 is 0 Å². The number of anilines is 2. The minimum absolute atomic E-state index is 0.0325. The second kappa shape index (κ2) is 18.9. The number of phenolic OH excluding ortho intramolecular Hbond substituents is 1. The van der Waals surface area contributed by atoms with E-state index in [2.05, 4.69) is 28.8 Å². The van der Waals surface area contributed by atoms with Gasteiger partial charge in [-0.2, -0.15) is 11.8 Å². The lowest BCUT2D eigenvalue weighted by Crippen LogP contribution is -2.53. The lowest BCUT2D eigenvalue weighted by molar-refractivity contribution is -0.143. The zero-order chi connectivity index (χ0) is 37.9. The Kier molecular flexibility index (Phi) is 14.9. The number of unbranched alkanes of at least 4 members (excludes halogenated alkanes) is 2. The zero-order valence-electron chi connectivity index (χ0n) is 30.1. The van der Waals surface area contributed by atoms with Crippen molar-refractivity contribution in [2.75, 3.05) is 36.3 Å². The van der Waals surface area contributed by atoms with E-state index in [1.807, 2.05) is 36.6 Å². The Balaban J connectivity index is 1.68. The maximum absolute atomic E-state index is 14.3. The molecule has 0 saturated carbocycles. The number of nitrogens with zero attached hydrogens (tertiary/aromatic N) is 1. The first-order valence-electron chi connectivity index (χ1n) is 17.4. The van der Waals surface area contributed by atoms with Crippen molar-refractivity contribution in [3.05, 3.63) is 72.3 Å². The Labute approximate surface area is 315 Å². The van der Waals surface area contributed by atoms with E-state index in [9.17, 15) is 33.0 Å². The number of benzene rings is 3. The third kappa shape index (κ3) is 10.5. The molecular weight excluding hydrogens is 723 g/mol. The van der Waals surface area contributed by atoms with E-state index in [-0.39, 0.29) is 28.6 Å². The van der Waals surface area contributed by atoms with E-state index in [0.29, 0.717) is 35.5 Å². The number of fused-ring (bicyclic) bond motifs is 1. The third-order valence-electron chi connectivity index (χ3n) is 9.10. The molecule has 0 bridgehead atoms. The molecule has 14 heteroatoms. The molecule has 0 aromatic heterocycles. The lowest BCUT2D eigenvalue weighted by Gasteiger charge is -2.37. The van der Waals surface area contributed by atoms with Crippen LogP contribution < -0.4 is 19.7 Å². The first-order chi connectivity index (χ1) is 24.9. The van der Waals surface area contributed by atoms with Crippen LogP contribution in [0.25, 0.3) is 0 Å². The number of nitrogens with one attached hydrogen (secondary N) is 2. The quantitative estimate of drug-likeness (QED) is 0.0936. The van der Waals surface area contributed by atoms with Gasteiger partial charge in [0.05, 0.1) is 22.0 Å². The number of aliphatic carboxylic acids is 1. The molecule has 52 heavy (non-hydrogen) atoms. The number of Topliss-reactive ketones (excluding diaryl/α,β-unsaturated/α-hetero) is 1. The molecule has 0 fully saturated rings. The summed E-state index contributed by atoms with van der Waals surface area (Å²) in [6.07, 6.45) is 8.16. The van der Waals surface area contributed by atoms with E-state index in [4.69, 9.17) is 4.74 Å². The van der Waals surface area contributed by atoms with Gasteiger partial charge in [-0.15, -0.1) is 11.8 Å². The summed E-state index contributed by atoms with van der Waals surface area (Å²) in [5, 5.41) is 22.1. The number of sulfonamides is 1. The largest absolute Gasteiger partial charge is 0.508 e. The molecule has 0 saturated heterocycles. The summed E-state index contributed by atoms with van der Waals surface area (Å²) < 4.78 is 37.7. The van der Waals surface area contributed by atoms with Gasteiger partial charge in [0.15, 0.2) is 12.4 Å². The molecule has 282 valence electrons. The molecule has 11 nitrogen and oxygen atoms in total. The van der Waals surface area contributed by atoms with Gasteiger partial charge in [-0.3, -0.25) is 14.4 Å². The first-order valence-corrected chi connectivity index (χ1v) is 21.5. The number of phenols is 1. The molecule has 3 aromatic carbocycles. The SMILES string of the molecule is CCCCC1(CCCC)CN(c2ccccc2)c2cc(SC)c(OCC(=O)N[C@@H](C(=O)C[C@@H](CSC)C(=O)O)c3ccc(O)cc3)cc2S(=O)(=O)N1. The van der Waals surface area contributed by atoms with Crippen LogP contribution in [-0.4, -0.2) is 73.2 Å². The second-order valence-corrected chi connectivity index (χ2v) is 16.4. The number of hydrogen-bond donors (Lipinski definition) is 4. The van der Waals surface area contributed by atoms with Crippen LogP contribution in [0.5, 0.6) is 11.5 Å². The van der Waals surface area contributed by atoms with E-state index < -0.39 is 51.8 Å². The molecule has 1 aliphatic heterocycles. The summed E-state index contributed by atoms with van der Waals surface area (Å²) in [7, 11) is -4.06. The van der Waals surface area contributed by atoms with Crippen LogP contribution in [0.15, 0.2) is 76.5 Å². The van der Waals surface area contributed by atoms with Gasteiger partial charge in [0.1, 0.15) is 22.4 Å². The molecule has 3 aromatic rings. The average molecular weight is 772 g/mol. The molecule has 1 amide bonds. The van der Waals surface area contributed by atoms with Gasteiger partial charge >= 0.3 is 5.97 Å². The topological polar surface area (TPSA) is 162 Å². The number of aromatic hydroxyl groups is 1. The Morgan fingerprint density at radius 1 is 1.00 bits per heavy atom. The van der Waals surface area contributed by atoms with E-state index in [0.717, 1.165) is 31.4 Å². The molecule has 1 heterocycles. The highest BCUT2D eigenvalue weighted by molar-refractivity contribution is 7.98. The highest BCUT2D eigenvalue weighted by atomic mass is 32.2. The van der Waals surface area contributed by atoms with Crippen molar-refractivity contribution in [2.24, 2.45) is 5.92 Å². The summed E-state index contributed by atoms with van der Waals surface area (Å²) >= 11 is 2.65. The van der Waals surface area contributed by atoms with Gasteiger partial charge in [0, 0.05) is 30.5 Å². The van der Waals surface area contributed by atoms with Gasteiger partial charge in [0.25, 0.3) is 5.91 Å². The standard InChI is InChI=1S/C38H49N3O8S3/c1-5-7-18-38(19-8-6-2)25-41(28-12-10-9-11-13-28)30-21-33(51-4)32(22-34(30)52(47,48)40-38)49-23-35(44)39-36(26-14-16-29(42)17-15-26)31(43)20-27(24-50-3)37(45)46/h9-17,21-22,27,36,40,42H,5-8,18-20,23-25H2,1-4H3,(H,39,44)(H,45,46)/t27-,36+/m0/s1. The molecule has 1 aliphatic rings. The molecule has 0 radical (unpaired) electrons. The number of carbonyl (C=O) groups is 3. The number of thioether (sulfide) groups is 2. The van der Waals surface area contributed by atoms with Gasteiger partial charge in [-0.05, 0) is 61.2 Å². The summed E-state index contributed by atoms with van der Waals surface area (Å²) in [5.41, 5.74) is 1.01. The fourth-order valence-corrected chi connectivity index (χ4v) is 9.25.